The van der Waals surface area contributed by atoms with E-state index in [1.165, 1.54) is 11.1 Å². The van der Waals surface area contributed by atoms with Crippen LogP contribution < -0.4 is 25.0 Å². The van der Waals surface area contributed by atoms with E-state index < -0.39 is 0 Å². The number of carbonyl (C=O) groups excluding carboxylic acids is 2. The minimum atomic E-state index is -0.310. The van der Waals surface area contributed by atoms with Gasteiger partial charge in [0, 0.05) is 42.1 Å². The highest BCUT2D eigenvalue weighted by molar-refractivity contribution is 6.07. The Bertz CT molecular complexity index is 1250. The molecular weight excluding hydrogens is 442 g/mol. The van der Waals surface area contributed by atoms with E-state index in [9.17, 15) is 9.59 Å². The van der Waals surface area contributed by atoms with Gasteiger partial charge in [-0.2, -0.15) is 0 Å². The van der Waals surface area contributed by atoms with Crippen molar-refractivity contribution in [3.05, 3.63) is 82.9 Å². The van der Waals surface area contributed by atoms with Gasteiger partial charge in [-0.05, 0) is 60.7 Å². The molecular formula is C28H29N3O4. The standard InChI is InChI=1S/C28H29N3O4/c1-34-23-13-20(14-24(16-23)35-2)27(32)30-22-9-10-26(25(15-22)28(33)29-21-7-8-21)31-12-11-18-5-3-4-6-19(18)17-31/h3-6,9-10,13-16,21H,7-8,11-12,17H2,1-2H3,(H,29,33)(H,30,32). The Labute approximate surface area is 205 Å². The Hall–Kier alpha value is -4.00. The van der Waals surface area contributed by atoms with E-state index in [0.717, 1.165) is 38.0 Å². The van der Waals surface area contributed by atoms with Gasteiger partial charge in [-0.1, -0.05) is 24.3 Å². The summed E-state index contributed by atoms with van der Waals surface area (Å²) in [6.07, 6.45) is 2.94. The van der Waals surface area contributed by atoms with E-state index in [1.54, 1.807) is 38.5 Å². The fraction of sp³-hybridized carbons (Fsp3) is 0.286. The number of methoxy groups -OCH3 is 2. The average molecular weight is 472 g/mol. The average Bonchev–Trinajstić information content (AvgIpc) is 3.72. The molecule has 0 bridgehead atoms. The lowest BCUT2D eigenvalue weighted by atomic mass is 9.98. The molecule has 7 heteroatoms. The first-order valence-corrected chi connectivity index (χ1v) is 11.8. The third-order valence-corrected chi connectivity index (χ3v) is 6.50. The van der Waals surface area contributed by atoms with E-state index in [-0.39, 0.29) is 17.9 Å². The molecule has 2 N–H and O–H groups in total. The molecule has 0 aromatic heterocycles. The summed E-state index contributed by atoms with van der Waals surface area (Å²) in [7, 11) is 3.08. The molecule has 0 unspecified atom stereocenters. The highest BCUT2D eigenvalue weighted by Crippen LogP contribution is 2.31. The quantitative estimate of drug-likeness (QED) is 0.534. The molecule has 0 saturated heterocycles. The van der Waals surface area contributed by atoms with Crippen LogP contribution in [0.15, 0.2) is 60.7 Å². The normalized spacial score (nSPS) is 14.6. The van der Waals surface area contributed by atoms with Crippen molar-refractivity contribution in [2.24, 2.45) is 0 Å². The maximum absolute atomic E-state index is 13.2. The lowest BCUT2D eigenvalue weighted by molar-refractivity contribution is 0.0950. The number of benzene rings is 3. The number of amides is 2. The monoisotopic (exact) mass is 471 g/mol. The molecule has 3 aromatic rings. The summed E-state index contributed by atoms with van der Waals surface area (Å²) in [6, 6.07) is 19.2. The van der Waals surface area contributed by atoms with Crippen molar-refractivity contribution in [3.63, 3.8) is 0 Å². The van der Waals surface area contributed by atoms with Crippen molar-refractivity contribution in [3.8, 4) is 11.5 Å². The first kappa shape index (κ1) is 22.8. The van der Waals surface area contributed by atoms with E-state index in [0.29, 0.717) is 28.3 Å². The van der Waals surface area contributed by atoms with Gasteiger partial charge in [-0.25, -0.2) is 0 Å². The summed E-state index contributed by atoms with van der Waals surface area (Å²) < 4.78 is 10.6. The van der Waals surface area contributed by atoms with Gasteiger partial charge in [-0.3, -0.25) is 9.59 Å². The fourth-order valence-corrected chi connectivity index (χ4v) is 4.41. The number of nitrogens with zero attached hydrogens (tertiary/aromatic N) is 1. The van der Waals surface area contributed by atoms with Crippen molar-refractivity contribution in [1.29, 1.82) is 0 Å². The number of rotatable bonds is 7. The highest BCUT2D eigenvalue weighted by atomic mass is 16.5. The van der Waals surface area contributed by atoms with E-state index in [1.807, 2.05) is 12.1 Å². The topological polar surface area (TPSA) is 79.9 Å². The van der Waals surface area contributed by atoms with Crippen molar-refractivity contribution >= 4 is 23.2 Å². The van der Waals surface area contributed by atoms with Crippen LogP contribution in [0.2, 0.25) is 0 Å². The lowest BCUT2D eigenvalue weighted by Crippen LogP contribution is -2.33. The van der Waals surface area contributed by atoms with Crippen LogP contribution in [0.4, 0.5) is 11.4 Å². The molecule has 1 aliphatic heterocycles. The Morgan fingerprint density at radius 2 is 1.60 bits per heavy atom. The first-order chi connectivity index (χ1) is 17.0. The third-order valence-electron chi connectivity index (χ3n) is 6.50. The zero-order valence-electron chi connectivity index (χ0n) is 20.0. The van der Waals surface area contributed by atoms with Crippen molar-refractivity contribution in [2.45, 2.75) is 31.8 Å². The third kappa shape index (κ3) is 5.09. The first-order valence-electron chi connectivity index (χ1n) is 11.8. The summed E-state index contributed by atoms with van der Waals surface area (Å²) in [4.78, 5) is 28.4. The number of fused-ring (bicyclic) bond motifs is 1. The molecule has 2 amide bonds. The van der Waals surface area contributed by atoms with Crippen LogP contribution in [-0.2, 0) is 13.0 Å². The molecule has 0 radical (unpaired) electrons. The van der Waals surface area contributed by atoms with Gasteiger partial charge in [0.25, 0.3) is 11.8 Å². The number of carbonyl (C=O) groups is 2. The number of ether oxygens (including phenoxy) is 2. The molecule has 1 heterocycles. The fourth-order valence-electron chi connectivity index (χ4n) is 4.41. The van der Waals surface area contributed by atoms with Gasteiger partial charge in [0.1, 0.15) is 11.5 Å². The smallest absolute Gasteiger partial charge is 0.255 e. The Morgan fingerprint density at radius 1 is 0.886 bits per heavy atom. The zero-order chi connectivity index (χ0) is 24.4. The van der Waals surface area contributed by atoms with Crippen LogP contribution in [0.5, 0.6) is 11.5 Å². The second-order valence-electron chi connectivity index (χ2n) is 8.98. The summed E-state index contributed by atoms with van der Waals surface area (Å²) in [6.45, 7) is 1.57. The predicted molar refractivity (Wildman–Crippen MR) is 136 cm³/mol. The molecule has 1 saturated carbocycles. The van der Waals surface area contributed by atoms with Crippen molar-refractivity contribution in [2.75, 3.05) is 31.0 Å². The predicted octanol–water partition coefficient (Wildman–Crippen LogP) is 4.41. The minimum absolute atomic E-state index is 0.111. The summed E-state index contributed by atoms with van der Waals surface area (Å²) in [5.74, 6) is 0.635. The van der Waals surface area contributed by atoms with Crippen LogP contribution in [0.1, 0.15) is 44.7 Å². The number of anilines is 2. The highest BCUT2D eigenvalue weighted by Gasteiger charge is 2.27. The SMILES string of the molecule is COc1cc(OC)cc(C(=O)Nc2ccc(N3CCc4ccccc4C3)c(C(=O)NC3CC3)c2)c1. The Kier molecular flexibility index (Phi) is 6.31. The zero-order valence-corrected chi connectivity index (χ0v) is 20.0. The van der Waals surface area contributed by atoms with Gasteiger partial charge in [0.2, 0.25) is 0 Å². The van der Waals surface area contributed by atoms with E-state index in [4.69, 9.17) is 9.47 Å². The van der Waals surface area contributed by atoms with Crippen LogP contribution in [-0.4, -0.2) is 38.6 Å². The molecule has 0 atom stereocenters. The molecule has 3 aromatic carbocycles. The second kappa shape index (κ2) is 9.70. The van der Waals surface area contributed by atoms with Crippen LogP contribution in [0, 0.1) is 0 Å². The Balaban J connectivity index is 1.42. The maximum atomic E-state index is 13.2. The van der Waals surface area contributed by atoms with Crippen LogP contribution >= 0.6 is 0 Å². The van der Waals surface area contributed by atoms with Gasteiger partial charge in [-0.15, -0.1) is 0 Å². The maximum Gasteiger partial charge on any atom is 0.255 e. The number of nitrogens with one attached hydrogen (secondary N) is 2. The summed E-state index contributed by atoms with van der Waals surface area (Å²) in [5.41, 5.74) is 5.03. The van der Waals surface area contributed by atoms with E-state index >= 15 is 0 Å². The van der Waals surface area contributed by atoms with Crippen molar-refractivity contribution < 1.29 is 19.1 Å². The second-order valence-corrected chi connectivity index (χ2v) is 8.98. The molecule has 180 valence electrons. The van der Waals surface area contributed by atoms with Crippen LogP contribution in [0.25, 0.3) is 0 Å². The molecule has 35 heavy (non-hydrogen) atoms. The summed E-state index contributed by atoms with van der Waals surface area (Å²) >= 11 is 0. The largest absolute Gasteiger partial charge is 0.497 e. The molecule has 7 nitrogen and oxygen atoms in total. The number of hydrogen-bond donors (Lipinski definition) is 2. The molecule has 2 aliphatic rings. The van der Waals surface area contributed by atoms with Gasteiger partial charge in [0.15, 0.2) is 0 Å². The van der Waals surface area contributed by atoms with Crippen molar-refractivity contribution in [1.82, 2.24) is 5.32 Å². The molecule has 0 spiro atoms. The van der Waals surface area contributed by atoms with E-state index in [2.05, 4.69) is 39.8 Å². The Morgan fingerprint density at radius 3 is 2.29 bits per heavy atom. The lowest BCUT2D eigenvalue weighted by Gasteiger charge is -2.32. The van der Waals surface area contributed by atoms with Crippen LogP contribution in [0.3, 0.4) is 0 Å². The van der Waals surface area contributed by atoms with Gasteiger partial charge < -0.3 is 25.0 Å². The van der Waals surface area contributed by atoms with Gasteiger partial charge >= 0.3 is 0 Å². The molecule has 5 rings (SSSR count). The summed E-state index contributed by atoms with van der Waals surface area (Å²) in [5, 5.41) is 6.02. The van der Waals surface area contributed by atoms with Gasteiger partial charge in [0.05, 0.1) is 19.8 Å². The molecule has 1 aliphatic carbocycles. The minimum Gasteiger partial charge on any atom is -0.497 e. The number of hydrogen-bond acceptors (Lipinski definition) is 5. The molecule has 1 fully saturated rings.